The molecule has 0 aliphatic heterocycles. The summed E-state index contributed by atoms with van der Waals surface area (Å²) in [7, 11) is 1.73. The number of benzene rings is 1. The molecule has 1 aromatic rings. The van der Waals surface area contributed by atoms with Crippen molar-refractivity contribution in [3.8, 4) is 0 Å². The minimum absolute atomic E-state index is 0.116. The molecule has 0 heterocycles. The lowest BCUT2D eigenvalue weighted by molar-refractivity contribution is 0.0954. The van der Waals surface area contributed by atoms with Crippen molar-refractivity contribution in [3.05, 3.63) is 34.9 Å². The number of nitrogens with zero attached hydrogens (tertiary/aromatic N) is 1. The molecule has 0 radical (unpaired) electrons. The van der Waals surface area contributed by atoms with Gasteiger partial charge in [0.1, 0.15) is 0 Å². The first-order chi connectivity index (χ1) is 10.9. The van der Waals surface area contributed by atoms with E-state index in [2.05, 4.69) is 41.0 Å². The second-order valence-electron chi connectivity index (χ2n) is 5.58. The summed E-state index contributed by atoms with van der Waals surface area (Å²) in [5.74, 6) is 0.614. The van der Waals surface area contributed by atoms with Crippen molar-refractivity contribution < 1.29 is 4.79 Å². The molecule has 7 heteroatoms. The highest BCUT2D eigenvalue weighted by molar-refractivity contribution is 7.99. The summed E-state index contributed by atoms with van der Waals surface area (Å²) < 4.78 is 0.139. The average Bonchev–Trinajstić information content (AvgIpc) is 2.54. The SMILES string of the molecule is CN=C(NCCNC(=O)c1ccc(Cl)cc1)NCC(C)(C)SC. The highest BCUT2D eigenvalue weighted by Gasteiger charge is 2.15. The Morgan fingerprint density at radius 1 is 1.17 bits per heavy atom. The number of amides is 1. The van der Waals surface area contributed by atoms with Crippen LogP contribution in [0.15, 0.2) is 29.3 Å². The molecular weight excluding hydrogens is 332 g/mol. The summed E-state index contributed by atoms with van der Waals surface area (Å²) in [6.45, 7) is 6.26. The van der Waals surface area contributed by atoms with E-state index in [0.717, 1.165) is 12.5 Å². The van der Waals surface area contributed by atoms with E-state index in [4.69, 9.17) is 11.6 Å². The van der Waals surface area contributed by atoms with Crippen LogP contribution in [0.2, 0.25) is 5.02 Å². The van der Waals surface area contributed by atoms with Gasteiger partial charge in [-0.15, -0.1) is 0 Å². The third-order valence-corrected chi connectivity index (χ3v) is 4.77. The Labute approximate surface area is 147 Å². The minimum atomic E-state index is -0.116. The van der Waals surface area contributed by atoms with E-state index in [9.17, 15) is 4.79 Å². The second-order valence-corrected chi connectivity index (χ2v) is 7.53. The summed E-state index contributed by atoms with van der Waals surface area (Å²) in [4.78, 5) is 16.1. The van der Waals surface area contributed by atoms with Crippen LogP contribution >= 0.6 is 23.4 Å². The van der Waals surface area contributed by atoms with Crippen LogP contribution in [-0.4, -0.2) is 49.6 Å². The Balaban J connectivity index is 2.30. The Morgan fingerprint density at radius 2 is 1.78 bits per heavy atom. The molecule has 3 N–H and O–H groups in total. The number of nitrogens with one attached hydrogen (secondary N) is 3. The molecule has 1 amide bonds. The number of carbonyl (C=O) groups excluding carboxylic acids is 1. The molecule has 0 atom stereocenters. The first-order valence-corrected chi connectivity index (χ1v) is 9.01. The van der Waals surface area contributed by atoms with E-state index in [1.807, 2.05) is 0 Å². The Hall–Kier alpha value is -1.40. The van der Waals surface area contributed by atoms with Gasteiger partial charge in [0.15, 0.2) is 5.96 Å². The topological polar surface area (TPSA) is 65.5 Å². The number of rotatable bonds is 7. The number of halogens is 1. The molecule has 0 saturated carbocycles. The molecule has 0 aromatic heterocycles. The highest BCUT2D eigenvalue weighted by atomic mass is 35.5. The third kappa shape index (κ3) is 7.61. The summed E-state index contributed by atoms with van der Waals surface area (Å²) in [5, 5.41) is 9.92. The molecule has 0 fully saturated rings. The summed E-state index contributed by atoms with van der Waals surface area (Å²) >= 11 is 7.60. The monoisotopic (exact) mass is 356 g/mol. The molecule has 128 valence electrons. The molecular formula is C16H25ClN4OS. The zero-order valence-corrected chi connectivity index (χ0v) is 15.6. The van der Waals surface area contributed by atoms with Gasteiger partial charge in [-0.1, -0.05) is 11.6 Å². The summed E-state index contributed by atoms with van der Waals surface area (Å²) in [5.41, 5.74) is 0.596. The van der Waals surface area contributed by atoms with Gasteiger partial charge in [-0.3, -0.25) is 9.79 Å². The maximum atomic E-state index is 11.9. The van der Waals surface area contributed by atoms with E-state index in [0.29, 0.717) is 23.7 Å². The van der Waals surface area contributed by atoms with E-state index >= 15 is 0 Å². The number of hydrogen-bond acceptors (Lipinski definition) is 3. The second kappa shape index (κ2) is 9.67. The quantitative estimate of drug-likeness (QED) is 0.398. The average molecular weight is 357 g/mol. The van der Waals surface area contributed by atoms with E-state index in [-0.39, 0.29) is 10.7 Å². The van der Waals surface area contributed by atoms with E-state index in [1.54, 1.807) is 43.1 Å². The van der Waals surface area contributed by atoms with Crippen molar-refractivity contribution in [1.29, 1.82) is 0 Å². The largest absolute Gasteiger partial charge is 0.355 e. The smallest absolute Gasteiger partial charge is 0.251 e. The van der Waals surface area contributed by atoms with Crippen molar-refractivity contribution in [1.82, 2.24) is 16.0 Å². The minimum Gasteiger partial charge on any atom is -0.355 e. The number of carbonyl (C=O) groups is 1. The van der Waals surface area contributed by atoms with Gasteiger partial charge >= 0.3 is 0 Å². The number of hydrogen-bond donors (Lipinski definition) is 3. The molecule has 0 bridgehead atoms. The van der Waals surface area contributed by atoms with Crippen molar-refractivity contribution in [2.45, 2.75) is 18.6 Å². The predicted molar refractivity (Wildman–Crippen MR) is 101 cm³/mol. The Kier molecular flexibility index (Phi) is 8.26. The first-order valence-electron chi connectivity index (χ1n) is 7.41. The van der Waals surface area contributed by atoms with Crippen LogP contribution in [0.5, 0.6) is 0 Å². The molecule has 0 aliphatic carbocycles. The van der Waals surface area contributed by atoms with Gasteiger partial charge < -0.3 is 16.0 Å². The van der Waals surface area contributed by atoms with Crippen LogP contribution in [0.25, 0.3) is 0 Å². The molecule has 1 rings (SSSR count). The predicted octanol–water partition coefficient (Wildman–Crippen LogP) is 2.38. The number of aliphatic imine (C=N–C) groups is 1. The van der Waals surface area contributed by atoms with Crippen molar-refractivity contribution in [2.24, 2.45) is 4.99 Å². The molecule has 5 nitrogen and oxygen atoms in total. The maximum Gasteiger partial charge on any atom is 0.251 e. The van der Waals surface area contributed by atoms with Crippen molar-refractivity contribution >= 4 is 35.2 Å². The van der Waals surface area contributed by atoms with Gasteiger partial charge in [-0.25, -0.2) is 0 Å². The molecule has 0 unspecified atom stereocenters. The zero-order valence-electron chi connectivity index (χ0n) is 14.1. The maximum absolute atomic E-state index is 11.9. The van der Waals surface area contributed by atoms with Crippen LogP contribution in [-0.2, 0) is 0 Å². The number of thioether (sulfide) groups is 1. The van der Waals surface area contributed by atoms with Gasteiger partial charge in [-0.05, 0) is 44.4 Å². The lowest BCUT2D eigenvalue weighted by Gasteiger charge is -2.23. The van der Waals surface area contributed by atoms with Crippen LogP contribution in [0.4, 0.5) is 0 Å². The standard InChI is InChI=1S/C16H25ClN4OS/c1-16(2,23-4)11-21-15(18-3)20-10-9-19-14(22)12-5-7-13(17)8-6-12/h5-8H,9-11H2,1-4H3,(H,19,22)(H2,18,20,21). The lowest BCUT2D eigenvalue weighted by atomic mass is 10.2. The van der Waals surface area contributed by atoms with Gasteiger partial charge in [0.05, 0.1) is 0 Å². The zero-order chi connectivity index (χ0) is 17.3. The van der Waals surface area contributed by atoms with Crippen molar-refractivity contribution in [2.75, 3.05) is 32.9 Å². The van der Waals surface area contributed by atoms with Crippen molar-refractivity contribution in [3.63, 3.8) is 0 Å². The van der Waals surface area contributed by atoms with Crippen LogP contribution in [0, 0.1) is 0 Å². The van der Waals surface area contributed by atoms with Crippen LogP contribution < -0.4 is 16.0 Å². The third-order valence-electron chi connectivity index (χ3n) is 3.27. The summed E-state index contributed by atoms with van der Waals surface area (Å²) in [6.07, 6.45) is 2.09. The van der Waals surface area contributed by atoms with E-state index in [1.165, 1.54) is 0 Å². The van der Waals surface area contributed by atoms with Gasteiger partial charge in [0, 0.05) is 42.0 Å². The highest BCUT2D eigenvalue weighted by Crippen LogP contribution is 2.19. The fraction of sp³-hybridized carbons (Fsp3) is 0.500. The van der Waals surface area contributed by atoms with Gasteiger partial charge in [0.25, 0.3) is 5.91 Å². The lowest BCUT2D eigenvalue weighted by Crippen LogP contribution is -2.45. The normalized spacial score (nSPS) is 12.0. The summed E-state index contributed by atoms with van der Waals surface area (Å²) in [6, 6.07) is 6.81. The number of guanidine groups is 1. The molecule has 0 spiro atoms. The fourth-order valence-electron chi connectivity index (χ4n) is 1.65. The van der Waals surface area contributed by atoms with Crippen LogP contribution in [0.3, 0.4) is 0 Å². The Bertz CT molecular complexity index is 531. The molecule has 0 aliphatic rings. The molecule has 0 saturated heterocycles. The van der Waals surface area contributed by atoms with Crippen LogP contribution in [0.1, 0.15) is 24.2 Å². The molecule has 23 heavy (non-hydrogen) atoms. The fourth-order valence-corrected chi connectivity index (χ4v) is 1.99. The Morgan fingerprint density at radius 3 is 2.35 bits per heavy atom. The molecule has 1 aromatic carbocycles. The van der Waals surface area contributed by atoms with Gasteiger partial charge in [-0.2, -0.15) is 11.8 Å². The van der Waals surface area contributed by atoms with Gasteiger partial charge in [0.2, 0.25) is 0 Å². The van der Waals surface area contributed by atoms with E-state index < -0.39 is 0 Å². The first kappa shape index (κ1) is 19.6.